The first-order valence-corrected chi connectivity index (χ1v) is 11.6. The predicted molar refractivity (Wildman–Crippen MR) is 113 cm³/mol. The van der Waals surface area contributed by atoms with Crippen molar-refractivity contribution in [1.29, 1.82) is 0 Å². The van der Waals surface area contributed by atoms with Gasteiger partial charge in [0.1, 0.15) is 5.54 Å². The standard InChI is InChI=1S/C21H21F3N4O4S/c1-13(2)26-17-11-25-10-7-14(17)12-27-19(30)28(18(29)20(27)8-9-20)15-3-5-16(6-4-15)33(31,32)21(22,23)24/h3-7,10-11,13,26H,8-9,12H2,1-2H3. The van der Waals surface area contributed by atoms with Crippen molar-refractivity contribution in [1.82, 2.24) is 9.88 Å². The van der Waals surface area contributed by atoms with Crippen LogP contribution < -0.4 is 10.2 Å². The third kappa shape index (κ3) is 3.81. The summed E-state index contributed by atoms with van der Waals surface area (Å²) in [5, 5.41) is 3.25. The number of sulfone groups is 1. The maximum atomic E-state index is 13.2. The van der Waals surface area contributed by atoms with E-state index in [0.717, 1.165) is 40.4 Å². The minimum absolute atomic E-state index is 0.00940. The van der Waals surface area contributed by atoms with Crippen molar-refractivity contribution in [2.45, 2.75) is 55.2 Å². The van der Waals surface area contributed by atoms with Crippen LogP contribution >= 0.6 is 0 Å². The Bertz CT molecular complexity index is 1210. The predicted octanol–water partition coefficient (Wildman–Crippen LogP) is 3.70. The molecular weight excluding hydrogens is 461 g/mol. The molecule has 1 aliphatic heterocycles. The molecule has 1 saturated heterocycles. The fraction of sp³-hybridized carbons (Fsp3) is 0.381. The van der Waals surface area contributed by atoms with Gasteiger partial charge in [-0.25, -0.2) is 18.1 Å². The van der Waals surface area contributed by atoms with Crippen LogP contribution in [0.3, 0.4) is 0 Å². The van der Waals surface area contributed by atoms with E-state index in [2.05, 4.69) is 10.3 Å². The Balaban J connectivity index is 1.63. The number of aromatic nitrogens is 1. The average Bonchev–Trinajstić information content (AvgIpc) is 3.50. The Kier molecular flexibility index (Phi) is 5.38. The first kappa shape index (κ1) is 23.0. The van der Waals surface area contributed by atoms with Gasteiger partial charge in [0, 0.05) is 12.2 Å². The van der Waals surface area contributed by atoms with E-state index in [4.69, 9.17) is 0 Å². The monoisotopic (exact) mass is 482 g/mol. The van der Waals surface area contributed by atoms with Gasteiger partial charge in [0.2, 0.25) is 0 Å². The lowest BCUT2D eigenvalue weighted by molar-refractivity contribution is -0.120. The molecule has 2 fully saturated rings. The quantitative estimate of drug-likeness (QED) is 0.631. The first-order chi connectivity index (χ1) is 15.4. The molecule has 0 unspecified atom stereocenters. The molecule has 1 aromatic carbocycles. The molecule has 1 saturated carbocycles. The third-order valence-electron chi connectivity index (χ3n) is 5.66. The van der Waals surface area contributed by atoms with Gasteiger partial charge in [-0.05, 0) is 62.6 Å². The number of urea groups is 1. The van der Waals surface area contributed by atoms with Gasteiger partial charge in [0.25, 0.3) is 15.7 Å². The lowest BCUT2D eigenvalue weighted by atomic mass is 10.1. The lowest BCUT2D eigenvalue weighted by Gasteiger charge is -2.23. The molecule has 0 atom stereocenters. The highest BCUT2D eigenvalue weighted by Crippen LogP contribution is 2.50. The summed E-state index contributed by atoms with van der Waals surface area (Å²) in [4.78, 5) is 31.9. The maximum absolute atomic E-state index is 13.2. The molecule has 8 nitrogen and oxygen atoms in total. The second-order valence-corrected chi connectivity index (χ2v) is 10.3. The average molecular weight is 482 g/mol. The van der Waals surface area contributed by atoms with Gasteiger partial charge in [0.05, 0.1) is 29.0 Å². The summed E-state index contributed by atoms with van der Waals surface area (Å²) < 4.78 is 61.6. The third-order valence-corrected chi connectivity index (χ3v) is 7.16. The zero-order valence-electron chi connectivity index (χ0n) is 17.8. The molecule has 3 amide bonds. The van der Waals surface area contributed by atoms with E-state index >= 15 is 0 Å². The van der Waals surface area contributed by atoms with Gasteiger partial charge in [-0.2, -0.15) is 13.2 Å². The summed E-state index contributed by atoms with van der Waals surface area (Å²) in [7, 11) is -5.53. The number of halogens is 3. The normalized spacial score (nSPS) is 17.9. The van der Waals surface area contributed by atoms with E-state index in [1.54, 1.807) is 18.5 Å². The number of alkyl halides is 3. The zero-order chi connectivity index (χ0) is 24.2. The van der Waals surface area contributed by atoms with Crippen LogP contribution in [0.5, 0.6) is 0 Å². The Morgan fingerprint density at radius 1 is 1.12 bits per heavy atom. The maximum Gasteiger partial charge on any atom is 0.501 e. The highest BCUT2D eigenvalue weighted by Gasteiger charge is 2.65. The molecule has 2 heterocycles. The van der Waals surface area contributed by atoms with Crippen molar-refractivity contribution >= 4 is 33.2 Å². The van der Waals surface area contributed by atoms with Crippen molar-refractivity contribution in [2.24, 2.45) is 0 Å². The Hall–Kier alpha value is -3.15. The van der Waals surface area contributed by atoms with E-state index in [1.807, 2.05) is 13.8 Å². The number of rotatable bonds is 6. The van der Waals surface area contributed by atoms with E-state index in [9.17, 15) is 31.2 Å². The van der Waals surface area contributed by atoms with Crippen molar-refractivity contribution in [2.75, 3.05) is 10.2 Å². The fourth-order valence-corrected chi connectivity index (χ4v) is 4.61. The van der Waals surface area contributed by atoms with Gasteiger partial charge in [-0.1, -0.05) is 0 Å². The van der Waals surface area contributed by atoms with Gasteiger partial charge < -0.3 is 10.2 Å². The second-order valence-electron chi connectivity index (χ2n) is 8.32. The van der Waals surface area contributed by atoms with Crippen LogP contribution in [0, 0.1) is 0 Å². The van der Waals surface area contributed by atoms with Gasteiger partial charge in [0.15, 0.2) is 0 Å². The molecular formula is C21H21F3N4O4S. The van der Waals surface area contributed by atoms with Crippen molar-refractivity contribution < 1.29 is 31.2 Å². The molecule has 176 valence electrons. The number of anilines is 2. The summed E-state index contributed by atoms with van der Waals surface area (Å²) >= 11 is 0. The van der Waals surface area contributed by atoms with Crippen LogP contribution in [0.25, 0.3) is 0 Å². The van der Waals surface area contributed by atoms with Crippen molar-refractivity contribution in [3.05, 3.63) is 48.3 Å². The minimum Gasteiger partial charge on any atom is -0.381 e. The number of nitrogens with one attached hydrogen (secondary N) is 1. The Labute approximate surface area is 188 Å². The van der Waals surface area contributed by atoms with Gasteiger partial charge >= 0.3 is 11.5 Å². The molecule has 1 N–H and O–H groups in total. The molecule has 12 heteroatoms. The van der Waals surface area contributed by atoms with Crippen molar-refractivity contribution in [3.63, 3.8) is 0 Å². The van der Waals surface area contributed by atoms with Crippen LogP contribution in [-0.4, -0.2) is 47.3 Å². The number of benzene rings is 1. The largest absolute Gasteiger partial charge is 0.501 e. The molecule has 0 radical (unpaired) electrons. The highest BCUT2D eigenvalue weighted by atomic mass is 32.2. The minimum atomic E-state index is -5.53. The van der Waals surface area contributed by atoms with Crippen LogP contribution in [0.1, 0.15) is 32.3 Å². The number of nitrogens with zero attached hydrogens (tertiary/aromatic N) is 3. The summed E-state index contributed by atoms with van der Waals surface area (Å²) in [6.45, 7) is 4.04. The summed E-state index contributed by atoms with van der Waals surface area (Å²) in [6, 6.07) is 4.80. The summed E-state index contributed by atoms with van der Waals surface area (Å²) in [5.41, 5.74) is -4.96. The van der Waals surface area contributed by atoms with E-state index in [1.165, 1.54) is 4.90 Å². The van der Waals surface area contributed by atoms with E-state index in [-0.39, 0.29) is 18.3 Å². The molecule has 33 heavy (non-hydrogen) atoms. The molecule has 2 aromatic rings. The highest BCUT2D eigenvalue weighted by molar-refractivity contribution is 7.92. The Morgan fingerprint density at radius 3 is 2.30 bits per heavy atom. The fourth-order valence-electron chi connectivity index (χ4n) is 3.84. The number of amides is 3. The number of carbonyl (C=O) groups is 2. The molecule has 1 aliphatic carbocycles. The van der Waals surface area contributed by atoms with Crippen LogP contribution in [0.2, 0.25) is 0 Å². The van der Waals surface area contributed by atoms with E-state index in [0.29, 0.717) is 12.8 Å². The second kappa shape index (κ2) is 7.72. The topological polar surface area (TPSA) is 99.7 Å². The molecule has 4 rings (SSSR count). The number of pyridine rings is 1. The van der Waals surface area contributed by atoms with Gasteiger partial charge in [-0.3, -0.25) is 9.78 Å². The molecule has 1 aromatic heterocycles. The SMILES string of the molecule is CC(C)Nc1cnccc1CN1C(=O)N(c2ccc(S(=O)(=O)C(F)(F)F)cc2)C(=O)C12CC2. The number of hydrogen-bond donors (Lipinski definition) is 1. The van der Waals surface area contributed by atoms with Crippen LogP contribution in [0.15, 0.2) is 47.6 Å². The molecule has 0 bridgehead atoms. The van der Waals surface area contributed by atoms with E-state index < -0.39 is 37.7 Å². The van der Waals surface area contributed by atoms with Crippen LogP contribution in [0.4, 0.5) is 29.3 Å². The Morgan fingerprint density at radius 2 is 1.76 bits per heavy atom. The first-order valence-electron chi connectivity index (χ1n) is 10.2. The summed E-state index contributed by atoms with van der Waals surface area (Å²) in [5.74, 6) is -0.480. The molecule has 1 spiro atoms. The smallest absolute Gasteiger partial charge is 0.381 e. The van der Waals surface area contributed by atoms with Gasteiger partial charge in [-0.15, -0.1) is 0 Å². The van der Waals surface area contributed by atoms with Crippen LogP contribution in [-0.2, 0) is 21.2 Å². The number of hydrogen-bond acceptors (Lipinski definition) is 6. The number of carbonyl (C=O) groups excluding carboxylic acids is 2. The summed E-state index contributed by atoms with van der Waals surface area (Å²) in [6.07, 6.45) is 4.15. The lowest BCUT2D eigenvalue weighted by Crippen LogP contribution is -2.36. The zero-order valence-corrected chi connectivity index (χ0v) is 18.6. The van der Waals surface area contributed by atoms with Crippen molar-refractivity contribution in [3.8, 4) is 0 Å². The molecule has 2 aliphatic rings. The number of imide groups is 1.